The molecule has 11 rings (SSSR count). The lowest BCUT2D eigenvalue weighted by Gasteiger charge is -2.42. The maximum Gasteiger partial charge on any atom is 0.164 e. The molecule has 256 valence electrons. The van der Waals surface area contributed by atoms with E-state index < -0.39 is 0 Å². The quantitative estimate of drug-likeness (QED) is 0.182. The Balaban J connectivity index is 1.07. The van der Waals surface area contributed by atoms with Gasteiger partial charge in [0.25, 0.3) is 0 Å². The van der Waals surface area contributed by atoms with Crippen molar-refractivity contribution < 1.29 is 8.83 Å². The van der Waals surface area contributed by atoms with Crippen molar-refractivity contribution in [2.75, 3.05) is 4.90 Å². The van der Waals surface area contributed by atoms with E-state index in [2.05, 4.69) is 116 Å². The van der Waals surface area contributed by atoms with Crippen LogP contribution in [0.4, 0.5) is 17.1 Å². The average Bonchev–Trinajstić information content (AvgIpc) is 3.79. The highest BCUT2D eigenvalue weighted by Gasteiger charge is 2.36. The molecule has 3 aromatic heterocycles. The van der Waals surface area contributed by atoms with Crippen LogP contribution in [0.25, 0.3) is 78.0 Å². The van der Waals surface area contributed by atoms with Gasteiger partial charge in [-0.2, -0.15) is 0 Å². The number of hydrogen-bond donors (Lipinski definition) is 0. The number of nitrogens with zero attached hydrogens (tertiary/aromatic N) is 4. The molecular weight excluding hydrogens is 665 g/mol. The molecule has 0 aliphatic carbocycles. The summed E-state index contributed by atoms with van der Waals surface area (Å²) in [5.41, 5.74) is 11.9. The van der Waals surface area contributed by atoms with E-state index in [1.165, 1.54) is 22.5 Å². The molecule has 10 aromatic rings. The maximum atomic E-state index is 6.15. The highest BCUT2D eigenvalue weighted by atomic mass is 16.3. The van der Waals surface area contributed by atoms with Crippen LogP contribution in [0.3, 0.4) is 0 Å². The van der Waals surface area contributed by atoms with E-state index in [4.69, 9.17) is 23.8 Å². The van der Waals surface area contributed by atoms with Crippen LogP contribution in [-0.2, 0) is 5.41 Å². The molecular formula is C48H32N4O2. The minimum absolute atomic E-state index is 0.126. The van der Waals surface area contributed by atoms with E-state index >= 15 is 0 Å². The molecule has 0 radical (unpaired) electrons. The van der Waals surface area contributed by atoms with Gasteiger partial charge < -0.3 is 13.7 Å². The number of fused-ring (bicyclic) bond motifs is 8. The van der Waals surface area contributed by atoms with E-state index in [0.717, 1.165) is 66.3 Å². The Morgan fingerprint density at radius 1 is 0.407 bits per heavy atom. The summed E-state index contributed by atoms with van der Waals surface area (Å²) >= 11 is 0. The van der Waals surface area contributed by atoms with Crippen LogP contribution in [0.5, 0.6) is 0 Å². The molecule has 1 aliphatic heterocycles. The zero-order chi connectivity index (χ0) is 36.0. The van der Waals surface area contributed by atoms with Crippen molar-refractivity contribution in [2.45, 2.75) is 19.3 Å². The number of aromatic nitrogens is 3. The van der Waals surface area contributed by atoms with Gasteiger partial charge in [0, 0.05) is 49.3 Å². The molecule has 4 heterocycles. The number of hydrogen-bond acceptors (Lipinski definition) is 6. The van der Waals surface area contributed by atoms with Crippen LogP contribution >= 0.6 is 0 Å². The van der Waals surface area contributed by atoms with E-state index in [9.17, 15) is 0 Å². The van der Waals surface area contributed by atoms with Crippen molar-refractivity contribution in [3.63, 3.8) is 0 Å². The summed E-state index contributed by atoms with van der Waals surface area (Å²) in [5.74, 6) is 1.77. The SMILES string of the molecule is CC1(C)c2ccccc2N(c2ccc(-c3nc(-c4ccc5oc6ccccc6c5c4)nc(-c4ccc5oc6ccccc6c5c4)n3)cc2)c2ccccc21. The third kappa shape index (κ3) is 4.63. The van der Waals surface area contributed by atoms with Crippen molar-refractivity contribution in [3.05, 3.63) is 169 Å². The Bertz CT molecular complexity index is 2920. The summed E-state index contributed by atoms with van der Waals surface area (Å²) in [5, 5.41) is 4.15. The Labute approximate surface area is 311 Å². The number of benzene rings is 7. The third-order valence-corrected chi connectivity index (χ3v) is 10.9. The average molecular weight is 697 g/mol. The summed E-state index contributed by atoms with van der Waals surface area (Å²) in [7, 11) is 0. The summed E-state index contributed by atoms with van der Waals surface area (Å²) in [6.07, 6.45) is 0. The van der Waals surface area contributed by atoms with Crippen LogP contribution in [0.1, 0.15) is 25.0 Å². The van der Waals surface area contributed by atoms with Gasteiger partial charge in [0.15, 0.2) is 17.5 Å². The van der Waals surface area contributed by atoms with Crippen LogP contribution in [0.2, 0.25) is 0 Å². The normalized spacial score (nSPS) is 13.5. The van der Waals surface area contributed by atoms with Gasteiger partial charge in [-0.15, -0.1) is 0 Å². The molecule has 6 heteroatoms. The minimum atomic E-state index is -0.126. The molecule has 1 aliphatic rings. The Morgan fingerprint density at radius 3 is 1.33 bits per heavy atom. The molecule has 0 N–H and O–H groups in total. The molecule has 0 saturated heterocycles. The van der Waals surface area contributed by atoms with Gasteiger partial charge in [-0.05, 0) is 96.1 Å². The lowest BCUT2D eigenvalue weighted by molar-refractivity contribution is 0.632. The van der Waals surface area contributed by atoms with E-state index in [0.29, 0.717) is 17.5 Å². The molecule has 7 aromatic carbocycles. The van der Waals surface area contributed by atoms with Crippen LogP contribution in [-0.4, -0.2) is 15.0 Å². The van der Waals surface area contributed by atoms with Crippen molar-refractivity contribution in [3.8, 4) is 34.2 Å². The van der Waals surface area contributed by atoms with Crippen molar-refractivity contribution in [2.24, 2.45) is 0 Å². The third-order valence-electron chi connectivity index (χ3n) is 10.9. The minimum Gasteiger partial charge on any atom is -0.456 e. The van der Waals surface area contributed by atoms with Gasteiger partial charge in [-0.3, -0.25) is 0 Å². The predicted molar refractivity (Wildman–Crippen MR) is 218 cm³/mol. The number of para-hydroxylation sites is 4. The topological polar surface area (TPSA) is 68.2 Å². The molecule has 0 bridgehead atoms. The molecule has 0 fully saturated rings. The summed E-state index contributed by atoms with van der Waals surface area (Å²) < 4.78 is 12.3. The van der Waals surface area contributed by atoms with Crippen LogP contribution in [0, 0.1) is 0 Å². The monoisotopic (exact) mass is 696 g/mol. The first kappa shape index (κ1) is 30.6. The zero-order valence-corrected chi connectivity index (χ0v) is 29.6. The zero-order valence-electron chi connectivity index (χ0n) is 29.6. The van der Waals surface area contributed by atoms with Crippen molar-refractivity contribution in [1.82, 2.24) is 15.0 Å². The van der Waals surface area contributed by atoms with Gasteiger partial charge in [-0.25, -0.2) is 15.0 Å². The first-order chi connectivity index (χ1) is 26.5. The lowest BCUT2D eigenvalue weighted by Crippen LogP contribution is -2.30. The second-order valence-corrected chi connectivity index (χ2v) is 14.5. The fourth-order valence-corrected chi connectivity index (χ4v) is 8.20. The first-order valence-electron chi connectivity index (χ1n) is 18.2. The second-order valence-electron chi connectivity index (χ2n) is 14.5. The summed E-state index contributed by atoms with van der Waals surface area (Å²) in [6.45, 7) is 4.61. The van der Waals surface area contributed by atoms with Crippen LogP contribution in [0.15, 0.2) is 167 Å². The molecule has 0 spiro atoms. The number of rotatable bonds is 4. The molecule has 6 nitrogen and oxygen atoms in total. The Kier molecular flexibility index (Phi) is 6.49. The number of furan rings is 2. The van der Waals surface area contributed by atoms with Gasteiger partial charge in [0.05, 0.1) is 11.4 Å². The van der Waals surface area contributed by atoms with E-state index in [-0.39, 0.29) is 5.41 Å². The molecule has 0 saturated carbocycles. The summed E-state index contributed by atoms with van der Waals surface area (Å²) in [6, 6.07) is 54.5. The molecule has 0 unspecified atom stereocenters. The largest absolute Gasteiger partial charge is 0.456 e. The highest BCUT2D eigenvalue weighted by Crippen LogP contribution is 2.51. The van der Waals surface area contributed by atoms with Gasteiger partial charge in [-0.1, -0.05) is 86.6 Å². The Hall–Kier alpha value is -7.05. The maximum absolute atomic E-state index is 6.15. The standard InChI is InChI=1S/C48H32N4O2/c1-48(2)37-13-5-7-15-39(37)52(40-16-8-6-14-38(40)48)32-23-19-29(20-24-32)45-49-46(30-21-25-43-35(27-30)33-11-3-9-17-41(33)53-43)51-47(50-45)31-22-26-44-36(28-31)34-12-4-10-18-42(34)54-44/h3-28H,1-2H3. The first-order valence-corrected chi connectivity index (χ1v) is 18.2. The van der Waals surface area contributed by atoms with Gasteiger partial charge in [0.2, 0.25) is 0 Å². The molecule has 0 amide bonds. The van der Waals surface area contributed by atoms with E-state index in [1.54, 1.807) is 0 Å². The molecule has 54 heavy (non-hydrogen) atoms. The van der Waals surface area contributed by atoms with Gasteiger partial charge in [0.1, 0.15) is 22.3 Å². The van der Waals surface area contributed by atoms with Gasteiger partial charge >= 0.3 is 0 Å². The lowest BCUT2D eigenvalue weighted by atomic mass is 9.73. The predicted octanol–water partition coefficient (Wildman–Crippen LogP) is 12.8. The smallest absolute Gasteiger partial charge is 0.164 e. The van der Waals surface area contributed by atoms with Crippen LogP contribution < -0.4 is 4.90 Å². The second kappa shape index (κ2) is 11.5. The van der Waals surface area contributed by atoms with Crippen molar-refractivity contribution in [1.29, 1.82) is 0 Å². The van der Waals surface area contributed by atoms with Crippen molar-refractivity contribution >= 4 is 60.9 Å². The fourth-order valence-electron chi connectivity index (χ4n) is 8.20. The fraction of sp³-hybridized carbons (Fsp3) is 0.0625. The number of anilines is 3. The summed E-state index contributed by atoms with van der Waals surface area (Å²) in [4.78, 5) is 17.7. The Morgan fingerprint density at radius 2 is 0.815 bits per heavy atom. The highest BCUT2D eigenvalue weighted by molar-refractivity contribution is 6.07. The van der Waals surface area contributed by atoms with E-state index in [1.807, 2.05) is 60.7 Å². The molecule has 0 atom stereocenters.